The van der Waals surface area contributed by atoms with Gasteiger partial charge in [-0.3, -0.25) is 9.55 Å². The van der Waals surface area contributed by atoms with Gasteiger partial charge in [0.15, 0.2) is 0 Å². The molecule has 4 nitrogen and oxygen atoms in total. The van der Waals surface area contributed by atoms with Crippen LogP contribution >= 0.6 is 0 Å². The van der Waals surface area contributed by atoms with Crippen LogP contribution in [-0.4, -0.2) is 19.6 Å². The van der Waals surface area contributed by atoms with Gasteiger partial charge in [0.05, 0.1) is 28.0 Å². The number of hydrogen-bond acceptors (Lipinski definition) is 3. The lowest BCUT2D eigenvalue weighted by molar-refractivity contribution is 0.463. The molecule has 0 atom stereocenters. The van der Waals surface area contributed by atoms with E-state index in [9.17, 15) is 5.11 Å². The summed E-state index contributed by atoms with van der Waals surface area (Å²) in [4.78, 5) is 10.4. The first kappa shape index (κ1) is 33.5. The van der Waals surface area contributed by atoms with E-state index in [4.69, 9.17) is 9.97 Å². The molecule has 1 aliphatic rings. The summed E-state index contributed by atoms with van der Waals surface area (Å²) < 4.78 is 2.25. The van der Waals surface area contributed by atoms with Gasteiger partial charge in [-0.1, -0.05) is 127 Å². The molecule has 0 fully saturated rings. The van der Waals surface area contributed by atoms with Gasteiger partial charge in [-0.25, -0.2) is 4.98 Å². The van der Waals surface area contributed by atoms with Crippen LogP contribution in [0.5, 0.6) is 5.75 Å². The fourth-order valence-corrected chi connectivity index (χ4v) is 8.40. The number of aromatic nitrogens is 3. The lowest BCUT2D eigenvalue weighted by atomic mass is 9.89. The summed E-state index contributed by atoms with van der Waals surface area (Å²) in [6, 6.07) is 61.7. The molecule has 0 saturated carbocycles. The van der Waals surface area contributed by atoms with Gasteiger partial charge < -0.3 is 5.11 Å². The lowest BCUT2D eigenvalue weighted by Gasteiger charge is -2.20. The van der Waals surface area contributed by atoms with E-state index in [0.29, 0.717) is 5.75 Å². The number of para-hydroxylation sites is 2. The second-order valence-corrected chi connectivity index (χ2v) is 14.6. The first-order chi connectivity index (χ1) is 27.7. The summed E-state index contributed by atoms with van der Waals surface area (Å²) in [5, 5.41) is 12.0. The van der Waals surface area contributed by atoms with Crippen molar-refractivity contribution in [2.45, 2.75) is 25.7 Å². The summed E-state index contributed by atoms with van der Waals surface area (Å²) in [6.45, 7) is 0. The maximum absolute atomic E-state index is 12.0. The van der Waals surface area contributed by atoms with Gasteiger partial charge in [-0.15, -0.1) is 0 Å². The molecule has 0 spiro atoms. The number of pyridine rings is 1. The van der Waals surface area contributed by atoms with Crippen molar-refractivity contribution < 1.29 is 5.11 Å². The minimum atomic E-state index is 0.343. The lowest BCUT2D eigenvalue weighted by Crippen LogP contribution is -2.05. The molecule has 0 unspecified atom stereocenters. The molecule has 0 saturated heterocycles. The van der Waals surface area contributed by atoms with Crippen molar-refractivity contribution in [1.29, 1.82) is 0 Å². The summed E-state index contributed by atoms with van der Waals surface area (Å²) in [5.41, 5.74) is 16.6. The van der Waals surface area contributed by atoms with Gasteiger partial charge in [-0.2, -0.15) is 0 Å². The van der Waals surface area contributed by atoms with Gasteiger partial charge in [0.25, 0.3) is 0 Å². The highest BCUT2D eigenvalue weighted by molar-refractivity contribution is 5.98. The predicted octanol–water partition coefficient (Wildman–Crippen LogP) is 13.0. The molecule has 7 aromatic carbocycles. The first-order valence-electron chi connectivity index (χ1n) is 19.4. The largest absolute Gasteiger partial charge is 0.507 e. The standard InChI is InChI=1S/C52H39N3O/c56-51-45-23-11-10-21-38(45)27-28-46(51)52-54-50-44(24-14-26-49(50)55(52)48-25-13-12-22-43(48)37-19-8-3-9-20-37)41-31-40(36-17-6-2-7-18-36)32-42(33-41)47-34-39(29-30-53-47)35-15-4-1-5-16-35/h1-9,12-20,22,24-34,56H,10-11,21,23H2. The van der Waals surface area contributed by atoms with Gasteiger partial charge >= 0.3 is 0 Å². The Morgan fingerprint density at radius 3 is 1.89 bits per heavy atom. The molecule has 2 aromatic heterocycles. The highest BCUT2D eigenvalue weighted by Crippen LogP contribution is 2.43. The van der Waals surface area contributed by atoms with E-state index in [1.54, 1.807) is 0 Å². The highest BCUT2D eigenvalue weighted by Gasteiger charge is 2.25. The SMILES string of the molecule is Oc1c(-c2nc3c(-c4cc(-c5ccccc5)cc(-c5cc(-c6ccccc6)ccn5)c4)cccc3n2-c2ccccc2-c2ccccc2)ccc2c1CCCC2. The average Bonchev–Trinajstić information content (AvgIpc) is 3.67. The van der Waals surface area contributed by atoms with E-state index in [2.05, 4.69) is 168 Å². The molecule has 9 aromatic rings. The van der Waals surface area contributed by atoms with Gasteiger partial charge in [0, 0.05) is 22.9 Å². The molecule has 0 amide bonds. The number of fused-ring (bicyclic) bond motifs is 2. The third kappa shape index (κ3) is 6.06. The van der Waals surface area contributed by atoms with Crippen LogP contribution in [0, 0.1) is 0 Å². The van der Waals surface area contributed by atoms with Crippen LogP contribution in [0.25, 0.3) is 83.9 Å². The summed E-state index contributed by atoms with van der Waals surface area (Å²) in [5.74, 6) is 1.06. The number of hydrogen-bond donors (Lipinski definition) is 1. The average molecular weight is 722 g/mol. The van der Waals surface area contributed by atoms with Gasteiger partial charge in [0.1, 0.15) is 11.6 Å². The van der Waals surface area contributed by atoms with E-state index in [0.717, 1.165) is 115 Å². The second kappa shape index (κ2) is 14.3. The zero-order valence-electron chi connectivity index (χ0n) is 30.9. The van der Waals surface area contributed by atoms with Crippen LogP contribution in [0.2, 0.25) is 0 Å². The number of phenolic OH excluding ortho intramolecular Hbond substituents is 1. The quantitative estimate of drug-likeness (QED) is 0.178. The van der Waals surface area contributed by atoms with Gasteiger partial charge in [0.2, 0.25) is 0 Å². The number of phenols is 1. The maximum Gasteiger partial charge on any atom is 0.149 e. The topological polar surface area (TPSA) is 50.9 Å². The van der Waals surface area contributed by atoms with Crippen molar-refractivity contribution in [2.75, 3.05) is 0 Å². The van der Waals surface area contributed by atoms with E-state index in [1.165, 1.54) is 5.56 Å². The maximum atomic E-state index is 12.0. The van der Waals surface area contributed by atoms with Gasteiger partial charge in [-0.05, 0) is 119 Å². The molecule has 0 radical (unpaired) electrons. The third-order valence-electron chi connectivity index (χ3n) is 11.2. The number of aromatic hydroxyl groups is 1. The summed E-state index contributed by atoms with van der Waals surface area (Å²) >= 11 is 0. The number of imidazole rings is 1. The molecule has 268 valence electrons. The molecule has 0 bridgehead atoms. The van der Waals surface area contributed by atoms with E-state index in [1.807, 2.05) is 18.3 Å². The van der Waals surface area contributed by atoms with Crippen molar-refractivity contribution in [3.63, 3.8) is 0 Å². The summed E-state index contributed by atoms with van der Waals surface area (Å²) in [7, 11) is 0. The summed E-state index contributed by atoms with van der Waals surface area (Å²) in [6.07, 6.45) is 5.98. The monoisotopic (exact) mass is 721 g/mol. The van der Waals surface area contributed by atoms with E-state index >= 15 is 0 Å². The number of aryl methyl sites for hydroxylation is 1. The molecule has 56 heavy (non-hydrogen) atoms. The Morgan fingerprint density at radius 2 is 1.11 bits per heavy atom. The Hall–Kier alpha value is -7.04. The number of nitrogens with zero attached hydrogens (tertiary/aromatic N) is 3. The van der Waals surface area contributed by atoms with Crippen LogP contribution < -0.4 is 0 Å². The van der Waals surface area contributed by atoms with Crippen LogP contribution in [-0.2, 0) is 12.8 Å². The molecule has 1 aliphatic carbocycles. The van der Waals surface area contributed by atoms with Crippen molar-refractivity contribution in [3.8, 4) is 78.6 Å². The zero-order valence-corrected chi connectivity index (χ0v) is 30.9. The number of benzene rings is 7. The Kier molecular flexibility index (Phi) is 8.57. The van der Waals surface area contributed by atoms with Crippen molar-refractivity contribution in [3.05, 3.63) is 193 Å². The highest BCUT2D eigenvalue weighted by atomic mass is 16.3. The number of rotatable bonds is 7. The Labute approximate surface area is 327 Å². The van der Waals surface area contributed by atoms with Crippen LogP contribution in [0.1, 0.15) is 24.0 Å². The van der Waals surface area contributed by atoms with Crippen LogP contribution in [0.3, 0.4) is 0 Å². The minimum absolute atomic E-state index is 0.343. The van der Waals surface area contributed by atoms with Crippen molar-refractivity contribution in [1.82, 2.24) is 14.5 Å². The molecular formula is C52H39N3O. The molecule has 2 heterocycles. The molecule has 1 N–H and O–H groups in total. The Morgan fingerprint density at radius 1 is 0.464 bits per heavy atom. The van der Waals surface area contributed by atoms with Crippen LogP contribution in [0.15, 0.2) is 182 Å². The Balaban J connectivity index is 1.23. The third-order valence-corrected chi connectivity index (χ3v) is 11.2. The Bertz CT molecular complexity index is 2860. The normalized spacial score (nSPS) is 12.4. The van der Waals surface area contributed by atoms with Crippen molar-refractivity contribution >= 4 is 11.0 Å². The molecule has 0 aliphatic heterocycles. The smallest absolute Gasteiger partial charge is 0.149 e. The first-order valence-corrected chi connectivity index (χ1v) is 19.4. The molecular weight excluding hydrogens is 683 g/mol. The van der Waals surface area contributed by atoms with E-state index < -0.39 is 0 Å². The zero-order chi connectivity index (χ0) is 37.4. The predicted molar refractivity (Wildman–Crippen MR) is 230 cm³/mol. The molecule has 4 heteroatoms. The van der Waals surface area contributed by atoms with Crippen LogP contribution in [0.4, 0.5) is 0 Å². The van der Waals surface area contributed by atoms with E-state index in [-0.39, 0.29) is 0 Å². The molecule has 10 rings (SSSR count). The van der Waals surface area contributed by atoms with Crippen molar-refractivity contribution in [2.24, 2.45) is 0 Å². The fourth-order valence-electron chi connectivity index (χ4n) is 8.40. The second-order valence-electron chi connectivity index (χ2n) is 14.6. The minimum Gasteiger partial charge on any atom is -0.507 e. The fraction of sp³-hybridized carbons (Fsp3) is 0.0769.